The maximum Gasteiger partial charge on any atom is 0.0998 e. The van der Waals surface area contributed by atoms with Crippen molar-refractivity contribution in [2.75, 3.05) is 0 Å². The maximum absolute atomic E-state index is 10.2. The smallest absolute Gasteiger partial charge is 0.0998 e. The van der Waals surface area contributed by atoms with Crippen molar-refractivity contribution >= 4 is 53.3 Å². The number of rotatable bonds is 2. The Morgan fingerprint density at radius 3 is 1.92 bits per heavy atom. The highest BCUT2D eigenvalue weighted by Gasteiger charge is 2.19. The summed E-state index contributed by atoms with van der Waals surface area (Å²) in [6.45, 7) is 0. The number of hydrogen-bond acceptors (Lipinski definition) is 4. The second-order valence-electron chi connectivity index (χ2n) is 9.14. The molecule has 0 fully saturated rings. The molecule has 0 aliphatic rings. The molecule has 0 saturated heterocycles. The summed E-state index contributed by atoms with van der Waals surface area (Å²) in [6.07, 6.45) is 0. The van der Waals surface area contributed by atoms with E-state index in [4.69, 9.17) is 0 Å². The second-order valence-corrected chi connectivity index (χ2v) is 10.2. The van der Waals surface area contributed by atoms with Crippen LogP contribution in [0.5, 0.6) is 0 Å². The number of nitrogens with zero attached hydrogens (tertiary/aromatic N) is 4. The Balaban J connectivity index is 1.59. The predicted molar refractivity (Wildman–Crippen MR) is 153 cm³/mol. The summed E-state index contributed by atoms with van der Waals surface area (Å²) >= 11 is 1.77. The Hall–Kier alpha value is -5.41. The van der Waals surface area contributed by atoms with Gasteiger partial charge in [0.2, 0.25) is 0 Å². The fourth-order valence-electron chi connectivity index (χ4n) is 5.43. The Morgan fingerprint density at radius 2 is 1.24 bits per heavy atom. The molecule has 0 saturated carbocycles. The number of fused-ring (bicyclic) bond motifs is 6. The van der Waals surface area contributed by atoms with Crippen molar-refractivity contribution in [3.05, 3.63) is 114 Å². The standard InChI is InChI=1S/C33H16N4S/c34-17-20-8-11-28-25(14-20)26-15-21(18-35)9-12-29(26)37(28)30-6-3-4-23(19-36)33(30)22-10-13-32-27(16-22)24-5-1-2-7-31(24)38-32/h1-16H. The molecule has 0 atom stereocenters. The van der Waals surface area contributed by atoms with Gasteiger partial charge in [0.1, 0.15) is 0 Å². The van der Waals surface area contributed by atoms with Crippen LogP contribution in [0.2, 0.25) is 0 Å². The molecule has 0 aliphatic carbocycles. The van der Waals surface area contributed by atoms with E-state index in [0.29, 0.717) is 16.7 Å². The van der Waals surface area contributed by atoms with Gasteiger partial charge in [-0.05, 0) is 72.3 Å². The maximum atomic E-state index is 10.2. The summed E-state index contributed by atoms with van der Waals surface area (Å²) in [7, 11) is 0. The normalized spacial score (nSPS) is 11.1. The van der Waals surface area contributed by atoms with E-state index in [1.165, 1.54) is 20.2 Å². The third-order valence-corrected chi connectivity index (χ3v) is 8.24. The lowest BCUT2D eigenvalue weighted by atomic mass is 9.96. The van der Waals surface area contributed by atoms with E-state index < -0.39 is 0 Å². The molecule has 174 valence electrons. The van der Waals surface area contributed by atoms with Crippen molar-refractivity contribution in [3.63, 3.8) is 0 Å². The van der Waals surface area contributed by atoms with Gasteiger partial charge in [-0.2, -0.15) is 15.8 Å². The largest absolute Gasteiger partial charge is 0.309 e. The predicted octanol–water partition coefficient (Wildman–Crippen LogP) is 8.43. The first-order valence-corrected chi connectivity index (χ1v) is 12.9. The Bertz CT molecular complexity index is 2160. The van der Waals surface area contributed by atoms with Gasteiger partial charge in [0.15, 0.2) is 0 Å². The lowest BCUT2D eigenvalue weighted by Crippen LogP contribution is -1.99. The molecule has 0 aliphatic heterocycles. The number of benzene rings is 5. The van der Waals surface area contributed by atoms with Crippen LogP contribution in [0, 0.1) is 34.0 Å². The zero-order chi connectivity index (χ0) is 25.8. The van der Waals surface area contributed by atoms with Crippen LogP contribution in [0.3, 0.4) is 0 Å². The average Bonchev–Trinajstić information content (AvgIpc) is 3.51. The molecule has 0 N–H and O–H groups in total. The molecule has 4 nitrogen and oxygen atoms in total. The first-order chi connectivity index (χ1) is 18.7. The summed E-state index contributed by atoms with van der Waals surface area (Å²) in [5.74, 6) is 0. The topological polar surface area (TPSA) is 76.3 Å². The quantitative estimate of drug-likeness (QED) is 0.239. The van der Waals surface area contributed by atoms with Crippen molar-refractivity contribution in [2.24, 2.45) is 0 Å². The van der Waals surface area contributed by atoms with Crippen LogP contribution in [-0.4, -0.2) is 4.57 Å². The number of nitriles is 3. The van der Waals surface area contributed by atoms with E-state index in [0.717, 1.165) is 38.6 Å². The highest BCUT2D eigenvalue weighted by molar-refractivity contribution is 7.25. The van der Waals surface area contributed by atoms with Gasteiger partial charge in [0.25, 0.3) is 0 Å². The van der Waals surface area contributed by atoms with E-state index in [1.54, 1.807) is 23.5 Å². The highest BCUT2D eigenvalue weighted by Crippen LogP contribution is 2.41. The van der Waals surface area contributed by atoms with Crippen molar-refractivity contribution < 1.29 is 0 Å². The van der Waals surface area contributed by atoms with Crippen molar-refractivity contribution in [1.29, 1.82) is 15.8 Å². The zero-order valence-electron chi connectivity index (χ0n) is 19.9. The average molecular weight is 501 g/mol. The third-order valence-electron chi connectivity index (χ3n) is 7.09. The van der Waals surface area contributed by atoms with Crippen LogP contribution in [0.1, 0.15) is 16.7 Å². The van der Waals surface area contributed by atoms with E-state index in [-0.39, 0.29) is 0 Å². The van der Waals surface area contributed by atoms with Gasteiger partial charge in [-0.3, -0.25) is 0 Å². The molecule has 38 heavy (non-hydrogen) atoms. The van der Waals surface area contributed by atoms with Gasteiger partial charge in [0.05, 0.1) is 51.6 Å². The summed E-state index contributed by atoms with van der Waals surface area (Å²) in [4.78, 5) is 0. The van der Waals surface area contributed by atoms with E-state index in [9.17, 15) is 15.8 Å². The summed E-state index contributed by atoms with van der Waals surface area (Å²) < 4.78 is 4.58. The van der Waals surface area contributed by atoms with Crippen molar-refractivity contribution in [2.45, 2.75) is 0 Å². The minimum atomic E-state index is 0.555. The first kappa shape index (κ1) is 21.8. The molecule has 7 aromatic rings. The monoisotopic (exact) mass is 500 g/mol. The van der Waals surface area contributed by atoms with Gasteiger partial charge in [-0.15, -0.1) is 11.3 Å². The fourth-order valence-corrected chi connectivity index (χ4v) is 6.51. The summed E-state index contributed by atoms with van der Waals surface area (Å²) in [6, 6.07) is 38.7. The lowest BCUT2D eigenvalue weighted by molar-refractivity contribution is 1.18. The number of hydrogen-bond donors (Lipinski definition) is 0. The number of thiophene rings is 1. The van der Waals surface area contributed by atoms with Gasteiger partial charge < -0.3 is 4.57 Å². The lowest BCUT2D eigenvalue weighted by Gasteiger charge is -2.16. The van der Waals surface area contributed by atoms with Crippen LogP contribution in [0.4, 0.5) is 0 Å². The van der Waals surface area contributed by atoms with Crippen molar-refractivity contribution in [1.82, 2.24) is 4.57 Å². The first-order valence-electron chi connectivity index (χ1n) is 12.0. The number of aromatic nitrogens is 1. The van der Waals surface area contributed by atoms with Gasteiger partial charge in [0, 0.05) is 36.5 Å². The molecular formula is C33H16N4S. The molecule has 0 spiro atoms. The van der Waals surface area contributed by atoms with Crippen LogP contribution in [0.25, 0.3) is 58.8 Å². The fraction of sp³-hybridized carbons (Fsp3) is 0. The highest BCUT2D eigenvalue weighted by atomic mass is 32.1. The van der Waals surface area contributed by atoms with Crippen LogP contribution < -0.4 is 0 Å². The minimum Gasteiger partial charge on any atom is -0.309 e. The SMILES string of the molecule is N#Cc1ccc2c(c1)c1cc(C#N)ccc1n2-c1cccc(C#N)c1-c1ccc2sc3ccccc3c2c1. The Morgan fingerprint density at radius 1 is 0.553 bits per heavy atom. The molecule has 0 unspecified atom stereocenters. The van der Waals surface area contributed by atoms with Gasteiger partial charge in [-0.1, -0.05) is 30.3 Å². The van der Waals surface area contributed by atoms with Gasteiger partial charge >= 0.3 is 0 Å². The molecule has 7 rings (SSSR count). The van der Waals surface area contributed by atoms with Crippen LogP contribution >= 0.6 is 11.3 Å². The Labute approximate surface area is 222 Å². The Kier molecular flexibility index (Phi) is 4.78. The summed E-state index contributed by atoms with van der Waals surface area (Å²) in [5.41, 5.74) is 6.19. The molecule has 0 amide bonds. The molecule has 0 bridgehead atoms. The van der Waals surface area contributed by atoms with E-state index >= 15 is 0 Å². The molecular weight excluding hydrogens is 484 g/mol. The second kappa shape index (κ2) is 8.32. The third kappa shape index (κ3) is 3.12. The summed E-state index contributed by atoms with van der Waals surface area (Å²) in [5, 5.41) is 33.4. The van der Waals surface area contributed by atoms with E-state index in [2.05, 4.69) is 65.2 Å². The molecule has 5 heteroatoms. The molecule has 5 aromatic carbocycles. The molecule has 2 heterocycles. The molecule has 2 aromatic heterocycles. The molecule has 0 radical (unpaired) electrons. The zero-order valence-corrected chi connectivity index (χ0v) is 20.8. The van der Waals surface area contributed by atoms with Gasteiger partial charge in [-0.25, -0.2) is 0 Å². The minimum absolute atomic E-state index is 0.555. The van der Waals surface area contributed by atoms with E-state index in [1.807, 2.05) is 42.5 Å². The van der Waals surface area contributed by atoms with Crippen LogP contribution in [0.15, 0.2) is 97.1 Å². The van der Waals surface area contributed by atoms with Crippen LogP contribution in [-0.2, 0) is 0 Å². The van der Waals surface area contributed by atoms with Crippen molar-refractivity contribution in [3.8, 4) is 35.0 Å².